The molecular weight excluding hydrogens is 484 g/mol. The van der Waals surface area contributed by atoms with Gasteiger partial charge in [-0.1, -0.05) is 11.6 Å². The average Bonchev–Trinajstić information content (AvgIpc) is 3.43. The summed E-state index contributed by atoms with van der Waals surface area (Å²) in [6.45, 7) is 1.10. The Labute approximate surface area is 204 Å². The van der Waals surface area contributed by atoms with Crippen molar-refractivity contribution >= 4 is 58.1 Å². The maximum absolute atomic E-state index is 12.9. The highest BCUT2D eigenvalue weighted by atomic mass is 35.5. The van der Waals surface area contributed by atoms with E-state index in [1.54, 1.807) is 41.3 Å². The van der Waals surface area contributed by atoms with Crippen LogP contribution in [0.5, 0.6) is 0 Å². The number of hydrogen-bond acceptors (Lipinski definition) is 8. The number of imide groups is 1. The van der Waals surface area contributed by atoms with Gasteiger partial charge in [-0.2, -0.15) is 0 Å². The molecule has 34 heavy (non-hydrogen) atoms. The van der Waals surface area contributed by atoms with Gasteiger partial charge in [0.15, 0.2) is 0 Å². The lowest BCUT2D eigenvalue weighted by molar-refractivity contribution is -0.129. The van der Waals surface area contributed by atoms with E-state index in [1.807, 2.05) is 0 Å². The summed E-state index contributed by atoms with van der Waals surface area (Å²) in [5.74, 6) is -1.09. The Kier molecular flexibility index (Phi) is 7.47. The van der Waals surface area contributed by atoms with Crippen molar-refractivity contribution in [1.29, 1.82) is 0 Å². The van der Waals surface area contributed by atoms with Crippen molar-refractivity contribution in [2.75, 3.05) is 49.2 Å². The summed E-state index contributed by atoms with van der Waals surface area (Å²) in [5.41, 5.74) is 6.80. The second-order valence-corrected chi connectivity index (χ2v) is 9.40. The summed E-state index contributed by atoms with van der Waals surface area (Å²) < 4.78 is 11.0. The predicted octanol–water partition coefficient (Wildman–Crippen LogP) is 2.11. The summed E-state index contributed by atoms with van der Waals surface area (Å²) in [7, 11) is 0. The molecule has 1 unspecified atom stereocenters. The number of anilines is 2. The summed E-state index contributed by atoms with van der Waals surface area (Å²) in [4.78, 5) is 54.5. The number of nitrogens with two attached hydrogens (primary N) is 1. The summed E-state index contributed by atoms with van der Waals surface area (Å²) >= 11 is 7.00. The number of rotatable bonds is 7. The van der Waals surface area contributed by atoms with E-state index < -0.39 is 24.0 Å². The van der Waals surface area contributed by atoms with E-state index in [9.17, 15) is 19.2 Å². The summed E-state index contributed by atoms with van der Waals surface area (Å²) in [6, 6.07) is 10.1. The zero-order valence-corrected chi connectivity index (χ0v) is 19.7. The van der Waals surface area contributed by atoms with E-state index in [1.165, 1.54) is 4.90 Å². The highest BCUT2D eigenvalue weighted by Crippen LogP contribution is 2.27. The molecule has 0 aliphatic carbocycles. The maximum atomic E-state index is 12.9. The van der Waals surface area contributed by atoms with Crippen LogP contribution in [0.4, 0.5) is 16.2 Å². The first-order chi connectivity index (χ1) is 16.4. The first-order valence-corrected chi connectivity index (χ1v) is 11.8. The van der Waals surface area contributed by atoms with E-state index in [2.05, 4.69) is 0 Å². The number of carbonyl (C=O) groups excluding carboxylic acids is 4. The number of ether oxygens (including phenoxy) is 2. The molecule has 2 N–H and O–H groups in total. The molecule has 0 radical (unpaired) electrons. The number of amides is 4. The first-order valence-electron chi connectivity index (χ1n) is 10.6. The molecule has 1 aromatic carbocycles. The molecule has 1 aromatic heterocycles. The number of cyclic esters (lactones) is 1. The van der Waals surface area contributed by atoms with Crippen molar-refractivity contribution in [2.24, 2.45) is 5.73 Å². The Bertz CT molecular complexity index is 1090. The van der Waals surface area contributed by atoms with Gasteiger partial charge in [-0.15, -0.1) is 11.3 Å². The van der Waals surface area contributed by atoms with Crippen LogP contribution in [0.15, 0.2) is 36.4 Å². The minimum atomic E-state index is -0.714. The number of thiophene rings is 1. The third-order valence-electron chi connectivity index (χ3n) is 5.41. The molecule has 12 heteroatoms. The fourth-order valence-corrected chi connectivity index (χ4v) is 4.75. The maximum Gasteiger partial charge on any atom is 0.414 e. The number of hydrogen-bond donors (Lipinski definition) is 1. The molecule has 0 bridgehead atoms. The standard InChI is InChI=1S/C22H23ClN4O6S/c23-18-6-5-17(34-18)21(30)27(19(28)7-8-24)12-16-11-26(22(31)33-16)15-3-1-14(2-4-15)25-9-10-32-13-20(25)29/h1-6,16H,7-13,24H2. The summed E-state index contributed by atoms with van der Waals surface area (Å²) in [6.07, 6.45) is -1.32. The summed E-state index contributed by atoms with van der Waals surface area (Å²) in [5, 5.41) is 0. The van der Waals surface area contributed by atoms with Gasteiger partial charge in [0.2, 0.25) is 5.91 Å². The molecule has 2 fully saturated rings. The molecule has 2 aliphatic rings. The Hall–Kier alpha value is -2.99. The average molecular weight is 507 g/mol. The van der Waals surface area contributed by atoms with Gasteiger partial charge >= 0.3 is 6.09 Å². The normalized spacial score (nSPS) is 18.2. The lowest BCUT2D eigenvalue weighted by atomic mass is 10.2. The second kappa shape index (κ2) is 10.5. The molecule has 2 aliphatic heterocycles. The Morgan fingerprint density at radius 1 is 1.12 bits per heavy atom. The Balaban J connectivity index is 1.45. The molecule has 1 atom stereocenters. The van der Waals surface area contributed by atoms with Crippen molar-refractivity contribution < 1.29 is 28.7 Å². The monoisotopic (exact) mass is 506 g/mol. The Morgan fingerprint density at radius 2 is 1.82 bits per heavy atom. The number of benzene rings is 1. The quantitative estimate of drug-likeness (QED) is 0.610. The second-order valence-electron chi connectivity index (χ2n) is 7.68. The molecule has 4 rings (SSSR count). The topological polar surface area (TPSA) is 122 Å². The van der Waals surface area contributed by atoms with Crippen molar-refractivity contribution in [2.45, 2.75) is 12.5 Å². The largest absolute Gasteiger partial charge is 0.442 e. The van der Waals surface area contributed by atoms with Gasteiger partial charge in [0.1, 0.15) is 12.7 Å². The van der Waals surface area contributed by atoms with Crippen LogP contribution in [-0.2, 0) is 19.1 Å². The fourth-order valence-electron chi connectivity index (χ4n) is 3.75. The lowest BCUT2D eigenvalue weighted by Gasteiger charge is -2.27. The van der Waals surface area contributed by atoms with Crippen LogP contribution >= 0.6 is 22.9 Å². The molecule has 2 saturated heterocycles. The lowest BCUT2D eigenvalue weighted by Crippen LogP contribution is -2.43. The van der Waals surface area contributed by atoms with E-state index in [4.69, 9.17) is 26.8 Å². The van der Waals surface area contributed by atoms with E-state index in [0.29, 0.717) is 33.7 Å². The number of morpholine rings is 1. The van der Waals surface area contributed by atoms with Crippen LogP contribution in [0.3, 0.4) is 0 Å². The van der Waals surface area contributed by atoms with Gasteiger partial charge in [-0.25, -0.2) is 4.79 Å². The zero-order valence-electron chi connectivity index (χ0n) is 18.1. The van der Waals surface area contributed by atoms with Crippen molar-refractivity contribution in [3.8, 4) is 0 Å². The van der Waals surface area contributed by atoms with Crippen molar-refractivity contribution in [3.63, 3.8) is 0 Å². The molecular formula is C22H23ClN4O6S. The number of halogens is 1. The SMILES string of the molecule is NCCC(=O)N(CC1CN(c2ccc(N3CCOCC3=O)cc2)C(=O)O1)C(=O)c1ccc(Cl)s1. The van der Waals surface area contributed by atoms with E-state index >= 15 is 0 Å². The van der Waals surface area contributed by atoms with Crippen LogP contribution < -0.4 is 15.5 Å². The van der Waals surface area contributed by atoms with Gasteiger partial charge in [0, 0.05) is 30.9 Å². The fraction of sp³-hybridized carbons (Fsp3) is 0.364. The van der Waals surface area contributed by atoms with Crippen LogP contribution in [0.25, 0.3) is 0 Å². The highest BCUT2D eigenvalue weighted by molar-refractivity contribution is 7.18. The van der Waals surface area contributed by atoms with Gasteiger partial charge in [-0.05, 0) is 36.4 Å². The van der Waals surface area contributed by atoms with Crippen molar-refractivity contribution in [1.82, 2.24) is 4.90 Å². The van der Waals surface area contributed by atoms with Crippen LogP contribution in [-0.4, -0.2) is 74.2 Å². The van der Waals surface area contributed by atoms with Crippen LogP contribution in [0.1, 0.15) is 16.1 Å². The van der Waals surface area contributed by atoms with Gasteiger partial charge < -0.3 is 20.1 Å². The third-order valence-corrected chi connectivity index (χ3v) is 6.63. The van der Waals surface area contributed by atoms with Crippen LogP contribution in [0.2, 0.25) is 4.34 Å². The molecule has 180 valence electrons. The minimum Gasteiger partial charge on any atom is -0.442 e. The Morgan fingerprint density at radius 3 is 2.44 bits per heavy atom. The first kappa shape index (κ1) is 24.1. The van der Waals surface area contributed by atoms with E-state index in [-0.39, 0.29) is 38.6 Å². The van der Waals surface area contributed by atoms with E-state index in [0.717, 1.165) is 16.2 Å². The molecule has 2 aromatic rings. The molecule has 0 saturated carbocycles. The number of carbonyl (C=O) groups is 4. The van der Waals surface area contributed by atoms with Gasteiger partial charge in [0.25, 0.3) is 11.8 Å². The third kappa shape index (κ3) is 5.22. The molecule has 10 nitrogen and oxygen atoms in total. The molecule has 3 heterocycles. The predicted molar refractivity (Wildman–Crippen MR) is 126 cm³/mol. The zero-order chi connectivity index (χ0) is 24.2. The highest BCUT2D eigenvalue weighted by Gasteiger charge is 2.36. The van der Waals surface area contributed by atoms with Gasteiger partial charge in [-0.3, -0.25) is 24.2 Å². The molecule has 0 spiro atoms. The van der Waals surface area contributed by atoms with Crippen LogP contribution in [0, 0.1) is 0 Å². The number of nitrogens with zero attached hydrogens (tertiary/aromatic N) is 3. The molecule has 4 amide bonds. The van der Waals surface area contributed by atoms with Crippen molar-refractivity contribution in [3.05, 3.63) is 45.6 Å². The smallest absolute Gasteiger partial charge is 0.414 e. The minimum absolute atomic E-state index is 0.0169. The van der Waals surface area contributed by atoms with Gasteiger partial charge in [0.05, 0.1) is 28.9 Å².